The summed E-state index contributed by atoms with van der Waals surface area (Å²) in [5.74, 6) is 0.693. The summed E-state index contributed by atoms with van der Waals surface area (Å²) < 4.78 is 11.1. The molecule has 3 aliphatic carbocycles. The molecule has 0 spiro atoms. The van der Waals surface area contributed by atoms with Crippen LogP contribution in [0.25, 0.3) is 11.1 Å². The first-order chi connectivity index (χ1) is 14.2. The predicted octanol–water partition coefficient (Wildman–Crippen LogP) is 4.26. The summed E-state index contributed by atoms with van der Waals surface area (Å²) in [6.07, 6.45) is 4.05. The largest absolute Gasteiger partial charge is 0.460 e. The fourth-order valence-electron chi connectivity index (χ4n) is 4.41. The molecule has 0 heterocycles. The van der Waals surface area contributed by atoms with Gasteiger partial charge in [-0.15, -0.1) is 0 Å². The number of alkyl carbamates (subject to hydrolysis) is 1. The highest BCUT2D eigenvalue weighted by molar-refractivity contribution is 5.80. The Kier molecular flexibility index (Phi) is 4.74. The molecule has 2 aromatic rings. The van der Waals surface area contributed by atoms with E-state index in [1.165, 1.54) is 11.1 Å². The number of ether oxygens (including phenoxy) is 2. The Bertz CT molecular complexity index is 874. The molecule has 5 rings (SSSR count). The van der Waals surface area contributed by atoms with Crippen molar-refractivity contribution in [2.45, 2.75) is 37.7 Å². The van der Waals surface area contributed by atoms with Gasteiger partial charge in [-0.1, -0.05) is 48.5 Å². The molecule has 2 saturated carbocycles. The van der Waals surface area contributed by atoms with Gasteiger partial charge < -0.3 is 14.8 Å². The number of fused-ring (bicyclic) bond motifs is 3. The molecule has 0 aromatic heterocycles. The summed E-state index contributed by atoms with van der Waals surface area (Å²) in [5, 5.41) is 2.54. The van der Waals surface area contributed by atoms with E-state index in [0.29, 0.717) is 11.8 Å². The second-order valence-corrected chi connectivity index (χ2v) is 8.31. The molecule has 150 valence electrons. The smallest absolute Gasteiger partial charge is 0.407 e. The van der Waals surface area contributed by atoms with Gasteiger partial charge in [-0.2, -0.15) is 0 Å². The molecular formula is C24H25NO4. The molecule has 0 aliphatic heterocycles. The lowest BCUT2D eigenvalue weighted by atomic mass is 9.98. The highest BCUT2D eigenvalue weighted by Gasteiger charge is 2.44. The van der Waals surface area contributed by atoms with Gasteiger partial charge in [-0.25, -0.2) is 4.79 Å². The Morgan fingerprint density at radius 3 is 2.00 bits per heavy atom. The SMILES string of the molecule is O=C(CNC(=O)OCC1c2ccccc2-c2ccccc21)OC(C1CC1)C1CC1. The number of esters is 1. The molecule has 0 unspecified atom stereocenters. The first-order valence-corrected chi connectivity index (χ1v) is 10.5. The van der Waals surface area contributed by atoms with Gasteiger partial charge in [-0.3, -0.25) is 4.79 Å². The predicted molar refractivity (Wildman–Crippen MR) is 108 cm³/mol. The highest BCUT2D eigenvalue weighted by atomic mass is 16.6. The van der Waals surface area contributed by atoms with Crippen molar-refractivity contribution in [1.29, 1.82) is 0 Å². The van der Waals surface area contributed by atoms with E-state index in [2.05, 4.69) is 29.6 Å². The molecule has 29 heavy (non-hydrogen) atoms. The third-order valence-electron chi connectivity index (χ3n) is 6.16. The van der Waals surface area contributed by atoms with Gasteiger partial charge in [-0.05, 0) is 59.8 Å². The van der Waals surface area contributed by atoms with Crippen LogP contribution in [0.5, 0.6) is 0 Å². The van der Waals surface area contributed by atoms with Crippen LogP contribution in [0.4, 0.5) is 4.79 Å². The average Bonchev–Trinajstić information content (AvgIpc) is 3.66. The number of hydrogen-bond acceptors (Lipinski definition) is 4. The quantitative estimate of drug-likeness (QED) is 0.717. The van der Waals surface area contributed by atoms with Gasteiger partial charge in [0.25, 0.3) is 0 Å². The van der Waals surface area contributed by atoms with Gasteiger partial charge >= 0.3 is 12.1 Å². The van der Waals surface area contributed by atoms with Crippen molar-refractivity contribution in [2.24, 2.45) is 11.8 Å². The van der Waals surface area contributed by atoms with Crippen molar-refractivity contribution >= 4 is 12.1 Å². The maximum absolute atomic E-state index is 12.2. The van der Waals surface area contributed by atoms with Crippen LogP contribution >= 0.6 is 0 Å². The van der Waals surface area contributed by atoms with Crippen molar-refractivity contribution in [2.75, 3.05) is 13.2 Å². The Balaban J connectivity index is 1.15. The van der Waals surface area contributed by atoms with E-state index in [-0.39, 0.29) is 31.1 Å². The molecule has 2 aromatic carbocycles. The zero-order valence-corrected chi connectivity index (χ0v) is 16.3. The number of carbonyl (C=O) groups is 2. The second-order valence-electron chi connectivity index (χ2n) is 8.31. The molecule has 0 radical (unpaired) electrons. The summed E-state index contributed by atoms with van der Waals surface area (Å²) in [4.78, 5) is 24.3. The number of nitrogens with one attached hydrogen (secondary N) is 1. The second kappa shape index (κ2) is 7.54. The zero-order valence-electron chi connectivity index (χ0n) is 16.3. The third-order valence-corrected chi connectivity index (χ3v) is 6.16. The Hall–Kier alpha value is -2.82. The zero-order chi connectivity index (χ0) is 19.8. The van der Waals surface area contributed by atoms with Crippen LogP contribution in [0.2, 0.25) is 0 Å². The minimum atomic E-state index is -0.585. The van der Waals surface area contributed by atoms with E-state index in [1.807, 2.05) is 24.3 Å². The lowest BCUT2D eigenvalue weighted by Crippen LogP contribution is -2.34. The fraction of sp³-hybridized carbons (Fsp3) is 0.417. The van der Waals surface area contributed by atoms with Crippen LogP contribution in [0.3, 0.4) is 0 Å². The number of rotatable bonds is 7. The van der Waals surface area contributed by atoms with Crippen molar-refractivity contribution in [1.82, 2.24) is 5.32 Å². The number of hydrogen-bond donors (Lipinski definition) is 1. The summed E-state index contributed by atoms with van der Waals surface area (Å²) in [7, 11) is 0. The van der Waals surface area contributed by atoms with E-state index in [0.717, 1.165) is 36.8 Å². The van der Waals surface area contributed by atoms with E-state index in [4.69, 9.17) is 9.47 Å². The fourth-order valence-corrected chi connectivity index (χ4v) is 4.41. The molecule has 5 heteroatoms. The summed E-state index contributed by atoms with van der Waals surface area (Å²) in [5.41, 5.74) is 4.70. The Labute approximate surface area is 170 Å². The van der Waals surface area contributed by atoms with E-state index in [1.54, 1.807) is 0 Å². The van der Waals surface area contributed by atoms with Crippen LogP contribution in [-0.4, -0.2) is 31.3 Å². The monoisotopic (exact) mass is 391 g/mol. The van der Waals surface area contributed by atoms with E-state index < -0.39 is 6.09 Å². The maximum atomic E-state index is 12.2. The van der Waals surface area contributed by atoms with Gasteiger partial charge in [0, 0.05) is 5.92 Å². The molecule has 2 fully saturated rings. The van der Waals surface area contributed by atoms with Crippen LogP contribution in [0, 0.1) is 11.8 Å². The molecule has 5 nitrogen and oxygen atoms in total. The highest BCUT2D eigenvalue weighted by Crippen LogP contribution is 2.46. The molecule has 0 atom stereocenters. The van der Waals surface area contributed by atoms with Gasteiger partial charge in [0.2, 0.25) is 0 Å². The van der Waals surface area contributed by atoms with Gasteiger partial charge in [0.15, 0.2) is 0 Å². The summed E-state index contributed by atoms with van der Waals surface area (Å²) in [6.45, 7) is 0.0916. The summed E-state index contributed by atoms with van der Waals surface area (Å²) >= 11 is 0. The average molecular weight is 391 g/mol. The van der Waals surface area contributed by atoms with Crippen LogP contribution in [0.1, 0.15) is 42.7 Å². The van der Waals surface area contributed by atoms with Crippen LogP contribution in [0.15, 0.2) is 48.5 Å². The number of amides is 1. The Morgan fingerprint density at radius 2 is 1.45 bits per heavy atom. The minimum absolute atomic E-state index is 0.00853. The van der Waals surface area contributed by atoms with E-state index >= 15 is 0 Å². The van der Waals surface area contributed by atoms with Crippen molar-refractivity contribution in [3.8, 4) is 11.1 Å². The van der Waals surface area contributed by atoms with Crippen LogP contribution < -0.4 is 5.32 Å². The number of carbonyl (C=O) groups excluding carboxylic acids is 2. The standard InChI is InChI=1S/C24H25NO4/c26-22(29-23(15-9-10-15)16-11-12-16)13-25-24(27)28-14-21-19-7-3-1-5-17(19)18-6-2-4-8-20(18)21/h1-8,15-16,21,23H,9-14H2,(H,25,27). The Morgan fingerprint density at radius 1 is 0.897 bits per heavy atom. The van der Waals surface area contributed by atoms with Crippen LogP contribution in [-0.2, 0) is 14.3 Å². The van der Waals surface area contributed by atoms with Crippen molar-refractivity contribution < 1.29 is 19.1 Å². The molecule has 3 aliphatic rings. The third kappa shape index (κ3) is 3.86. The molecule has 0 saturated heterocycles. The van der Waals surface area contributed by atoms with Crippen molar-refractivity contribution in [3.63, 3.8) is 0 Å². The molecular weight excluding hydrogens is 366 g/mol. The normalized spacial score (nSPS) is 17.6. The first-order valence-electron chi connectivity index (χ1n) is 10.5. The maximum Gasteiger partial charge on any atom is 0.407 e. The van der Waals surface area contributed by atoms with E-state index in [9.17, 15) is 9.59 Å². The molecule has 0 bridgehead atoms. The molecule has 1 N–H and O–H groups in total. The molecule has 1 amide bonds. The topological polar surface area (TPSA) is 64.6 Å². The van der Waals surface area contributed by atoms with Gasteiger partial charge in [0.1, 0.15) is 19.3 Å². The minimum Gasteiger partial charge on any atom is -0.460 e. The first kappa shape index (κ1) is 18.2. The summed E-state index contributed by atoms with van der Waals surface area (Å²) in [6, 6.07) is 16.4. The van der Waals surface area contributed by atoms with Crippen molar-refractivity contribution in [3.05, 3.63) is 59.7 Å². The lowest BCUT2D eigenvalue weighted by Gasteiger charge is -2.17. The van der Waals surface area contributed by atoms with Gasteiger partial charge in [0.05, 0.1) is 0 Å². The number of benzene rings is 2. The lowest BCUT2D eigenvalue weighted by molar-refractivity contribution is -0.150.